The number of fused-ring (bicyclic) bond motifs is 1. The summed E-state index contributed by atoms with van der Waals surface area (Å²) in [6, 6.07) is 23.4. The van der Waals surface area contributed by atoms with E-state index in [0.717, 1.165) is 16.5 Å². The Hall–Kier alpha value is -3.27. The monoisotopic (exact) mass is 316 g/mol. The lowest BCUT2D eigenvalue weighted by atomic mass is 10.2. The van der Waals surface area contributed by atoms with E-state index in [1.54, 1.807) is 18.2 Å². The van der Waals surface area contributed by atoms with E-state index in [0.29, 0.717) is 11.7 Å². The highest BCUT2D eigenvalue weighted by atomic mass is 19.1. The van der Waals surface area contributed by atoms with Gasteiger partial charge in [-0.3, -0.25) is 0 Å². The van der Waals surface area contributed by atoms with Crippen LogP contribution in [-0.2, 0) is 0 Å². The molecule has 0 unspecified atom stereocenters. The number of aromatic nitrogens is 2. The molecular formula is C20H13FN2O. The van der Waals surface area contributed by atoms with E-state index in [2.05, 4.69) is 9.97 Å². The van der Waals surface area contributed by atoms with Crippen molar-refractivity contribution < 1.29 is 9.13 Å². The summed E-state index contributed by atoms with van der Waals surface area (Å²) >= 11 is 0. The Kier molecular flexibility index (Phi) is 3.63. The molecule has 1 heterocycles. The molecule has 4 rings (SSSR count). The molecule has 0 saturated heterocycles. The number of para-hydroxylation sites is 2. The summed E-state index contributed by atoms with van der Waals surface area (Å²) in [7, 11) is 0. The number of hydrogen-bond acceptors (Lipinski definition) is 3. The van der Waals surface area contributed by atoms with E-state index in [-0.39, 0.29) is 5.75 Å². The number of benzene rings is 3. The molecule has 0 amide bonds. The normalized spacial score (nSPS) is 10.7. The van der Waals surface area contributed by atoms with Gasteiger partial charge in [0.05, 0.1) is 10.9 Å². The summed E-state index contributed by atoms with van der Waals surface area (Å²) in [5.74, 6) is 0.590. The molecule has 0 N–H and O–H groups in total. The average Bonchev–Trinajstić information content (AvgIpc) is 2.64. The Morgan fingerprint density at radius 2 is 1.42 bits per heavy atom. The van der Waals surface area contributed by atoms with Crippen molar-refractivity contribution in [2.75, 3.05) is 0 Å². The Morgan fingerprint density at radius 1 is 0.708 bits per heavy atom. The van der Waals surface area contributed by atoms with Gasteiger partial charge in [0, 0.05) is 5.56 Å². The van der Waals surface area contributed by atoms with Crippen LogP contribution in [0.5, 0.6) is 11.6 Å². The molecule has 0 spiro atoms. The predicted molar refractivity (Wildman–Crippen MR) is 91.4 cm³/mol. The van der Waals surface area contributed by atoms with Crippen LogP contribution in [0.15, 0.2) is 78.9 Å². The minimum Gasteiger partial charge on any atom is -0.435 e. The van der Waals surface area contributed by atoms with Crippen LogP contribution < -0.4 is 4.74 Å². The molecule has 1 aromatic heterocycles. The number of nitrogens with zero attached hydrogens (tertiary/aromatic N) is 2. The van der Waals surface area contributed by atoms with Crippen LogP contribution in [0.2, 0.25) is 0 Å². The van der Waals surface area contributed by atoms with Gasteiger partial charge in [-0.1, -0.05) is 54.6 Å². The minimum absolute atomic E-state index is 0.139. The fraction of sp³-hybridized carbons (Fsp3) is 0. The van der Waals surface area contributed by atoms with Gasteiger partial charge in [-0.2, -0.15) is 4.98 Å². The highest BCUT2D eigenvalue weighted by Gasteiger charge is 2.12. The van der Waals surface area contributed by atoms with Crippen molar-refractivity contribution >= 4 is 10.9 Å². The molecule has 0 fully saturated rings. The second-order valence-electron chi connectivity index (χ2n) is 5.27. The predicted octanol–water partition coefficient (Wildman–Crippen LogP) is 5.23. The molecule has 0 aliphatic carbocycles. The first-order valence-electron chi connectivity index (χ1n) is 7.56. The zero-order valence-corrected chi connectivity index (χ0v) is 12.7. The SMILES string of the molecule is Fc1ccccc1Oc1nc(-c2ccccc2)nc2ccccc12. The van der Waals surface area contributed by atoms with Gasteiger partial charge in [-0.15, -0.1) is 0 Å². The number of hydrogen-bond donors (Lipinski definition) is 0. The van der Waals surface area contributed by atoms with E-state index < -0.39 is 5.82 Å². The van der Waals surface area contributed by atoms with Crippen molar-refractivity contribution in [2.45, 2.75) is 0 Å². The second kappa shape index (κ2) is 6.08. The number of ether oxygens (including phenoxy) is 1. The van der Waals surface area contributed by atoms with Crippen LogP contribution in [0, 0.1) is 5.82 Å². The van der Waals surface area contributed by atoms with E-state index in [1.165, 1.54) is 6.07 Å². The summed E-state index contributed by atoms with van der Waals surface area (Å²) in [6.07, 6.45) is 0. The second-order valence-corrected chi connectivity index (χ2v) is 5.27. The zero-order chi connectivity index (χ0) is 16.4. The number of rotatable bonds is 3. The topological polar surface area (TPSA) is 35.0 Å². The maximum Gasteiger partial charge on any atom is 0.230 e. The highest BCUT2D eigenvalue weighted by molar-refractivity contribution is 5.85. The lowest BCUT2D eigenvalue weighted by molar-refractivity contribution is 0.432. The van der Waals surface area contributed by atoms with E-state index >= 15 is 0 Å². The van der Waals surface area contributed by atoms with Crippen LogP contribution in [-0.4, -0.2) is 9.97 Å². The van der Waals surface area contributed by atoms with Gasteiger partial charge in [0.1, 0.15) is 0 Å². The molecule has 24 heavy (non-hydrogen) atoms. The Bertz CT molecular complexity index is 1000. The fourth-order valence-electron chi connectivity index (χ4n) is 2.47. The standard InChI is InChI=1S/C20H13FN2O/c21-16-11-5-7-13-18(16)24-20-15-10-4-6-12-17(15)22-19(23-20)14-8-2-1-3-9-14/h1-13H. The van der Waals surface area contributed by atoms with Crippen molar-refractivity contribution in [2.24, 2.45) is 0 Å². The lowest BCUT2D eigenvalue weighted by Gasteiger charge is -2.10. The Balaban J connectivity index is 1.88. The maximum absolute atomic E-state index is 13.9. The molecule has 3 aromatic carbocycles. The van der Waals surface area contributed by atoms with Gasteiger partial charge in [-0.05, 0) is 24.3 Å². The molecule has 0 radical (unpaired) electrons. The summed E-state index contributed by atoms with van der Waals surface area (Å²) in [5, 5.41) is 0.737. The van der Waals surface area contributed by atoms with Crippen molar-refractivity contribution in [1.82, 2.24) is 9.97 Å². The molecule has 0 aliphatic heterocycles. The third kappa shape index (κ3) is 2.70. The molecule has 0 saturated carbocycles. The lowest BCUT2D eigenvalue weighted by Crippen LogP contribution is -1.97. The molecule has 4 aromatic rings. The van der Waals surface area contributed by atoms with Gasteiger partial charge in [-0.25, -0.2) is 9.37 Å². The van der Waals surface area contributed by atoms with Crippen LogP contribution in [0.3, 0.4) is 0 Å². The van der Waals surface area contributed by atoms with Gasteiger partial charge < -0.3 is 4.74 Å². The summed E-state index contributed by atoms with van der Waals surface area (Å²) in [4.78, 5) is 9.09. The molecule has 116 valence electrons. The van der Waals surface area contributed by atoms with Crippen molar-refractivity contribution in [3.8, 4) is 23.0 Å². The molecule has 0 bridgehead atoms. The van der Waals surface area contributed by atoms with Crippen molar-refractivity contribution in [3.63, 3.8) is 0 Å². The fourth-order valence-corrected chi connectivity index (χ4v) is 2.47. The van der Waals surface area contributed by atoms with E-state index in [9.17, 15) is 4.39 Å². The van der Waals surface area contributed by atoms with E-state index in [4.69, 9.17) is 4.74 Å². The maximum atomic E-state index is 13.9. The Morgan fingerprint density at radius 3 is 2.25 bits per heavy atom. The van der Waals surface area contributed by atoms with Crippen LogP contribution in [0.25, 0.3) is 22.3 Å². The quantitative estimate of drug-likeness (QED) is 0.519. The van der Waals surface area contributed by atoms with Crippen molar-refractivity contribution in [3.05, 3.63) is 84.7 Å². The number of halogens is 1. The van der Waals surface area contributed by atoms with Crippen LogP contribution in [0.1, 0.15) is 0 Å². The third-order valence-electron chi connectivity index (χ3n) is 3.64. The highest BCUT2D eigenvalue weighted by Crippen LogP contribution is 2.30. The molecular weight excluding hydrogens is 303 g/mol. The average molecular weight is 316 g/mol. The van der Waals surface area contributed by atoms with Crippen LogP contribution >= 0.6 is 0 Å². The Labute approximate surface area is 138 Å². The largest absolute Gasteiger partial charge is 0.435 e. The zero-order valence-electron chi connectivity index (χ0n) is 12.7. The van der Waals surface area contributed by atoms with Crippen LogP contribution in [0.4, 0.5) is 4.39 Å². The third-order valence-corrected chi connectivity index (χ3v) is 3.64. The first-order chi connectivity index (χ1) is 11.8. The first kappa shape index (κ1) is 14.3. The van der Waals surface area contributed by atoms with Gasteiger partial charge in [0.2, 0.25) is 5.88 Å². The smallest absolute Gasteiger partial charge is 0.230 e. The molecule has 0 atom stereocenters. The van der Waals surface area contributed by atoms with E-state index in [1.807, 2.05) is 54.6 Å². The van der Waals surface area contributed by atoms with Gasteiger partial charge in [0.15, 0.2) is 17.4 Å². The summed E-state index contributed by atoms with van der Waals surface area (Å²) < 4.78 is 19.7. The van der Waals surface area contributed by atoms with Crippen molar-refractivity contribution in [1.29, 1.82) is 0 Å². The molecule has 3 nitrogen and oxygen atoms in total. The summed E-state index contributed by atoms with van der Waals surface area (Å²) in [6.45, 7) is 0. The van der Waals surface area contributed by atoms with Gasteiger partial charge >= 0.3 is 0 Å². The first-order valence-corrected chi connectivity index (χ1v) is 7.56. The molecule has 4 heteroatoms. The summed E-state index contributed by atoms with van der Waals surface area (Å²) in [5.41, 5.74) is 1.62. The molecule has 0 aliphatic rings. The van der Waals surface area contributed by atoms with Gasteiger partial charge in [0.25, 0.3) is 0 Å². The minimum atomic E-state index is -0.429.